The summed E-state index contributed by atoms with van der Waals surface area (Å²) in [5.74, 6) is -0.506. The average Bonchev–Trinajstić information content (AvgIpc) is 2.56. The molecule has 5 nitrogen and oxygen atoms in total. The van der Waals surface area contributed by atoms with Crippen LogP contribution in [0.1, 0.15) is 68.7 Å². The minimum atomic E-state index is -1.54. The van der Waals surface area contributed by atoms with Crippen LogP contribution in [0.5, 0.6) is 0 Å². The van der Waals surface area contributed by atoms with E-state index in [2.05, 4.69) is 0 Å². The van der Waals surface area contributed by atoms with Gasteiger partial charge < -0.3 is 20.1 Å². The van der Waals surface area contributed by atoms with Crippen LogP contribution in [0.3, 0.4) is 0 Å². The third kappa shape index (κ3) is 4.79. The summed E-state index contributed by atoms with van der Waals surface area (Å²) in [5.41, 5.74) is -4.39. The lowest BCUT2D eigenvalue weighted by Gasteiger charge is -2.43. The van der Waals surface area contributed by atoms with Gasteiger partial charge in [0.1, 0.15) is 11.2 Å². The molecule has 0 aromatic rings. The number of hydrogen-bond acceptors (Lipinski definition) is 5. The number of rotatable bonds is 6. The Morgan fingerprint density at radius 1 is 1.08 bits per heavy atom. The summed E-state index contributed by atoms with van der Waals surface area (Å²) in [6.07, 6.45) is 3.27. The van der Waals surface area contributed by atoms with Crippen molar-refractivity contribution in [2.45, 2.75) is 96.7 Å². The molecular formula is C20H34O5. The van der Waals surface area contributed by atoms with E-state index in [9.17, 15) is 20.1 Å². The van der Waals surface area contributed by atoms with E-state index in [4.69, 9.17) is 4.74 Å². The lowest BCUT2D eigenvalue weighted by Crippen LogP contribution is -2.52. The topological polar surface area (TPSA) is 87.0 Å². The van der Waals surface area contributed by atoms with Crippen LogP contribution in [0.25, 0.3) is 0 Å². The summed E-state index contributed by atoms with van der Waals surface area (Å²) in [7, 11) is 0. The predicted molar refractivity (Wildman–Crippen MR) is 98.3 cm³/mol. The van der Waals surface area contributed by atoms with E-state index in [1.54, 1.807) is 27.7 Å². The summed E-state index contributed by atoms with van der Waals surface area (Å²) in [6.45, 7) is 15.0. The second kappa shape index (κ2) is 6.31. The molecule has 0 aliphatic carbocycles. The molecule has 1 unspecified atom stereocenters. The van der Waals surface area contributed by atoms with Crippen molar-refractivity contribution >= 4 is 5.78 Å². The van der Waals surface area contributed by atoms with Crippen molar-refractivity contribution in [1.29, 1.82) is 0 Å². The first kappa shape index (κ1) is 22.0. The molecule has 0 amide bonds. The number of ketones is 1. The Balaban J connectivity index is 3.44. The van der Waals surface area contributed by atoms with Crippen molar-refractivity contribution in [2.24, 2.45) is 0 Å². The van der Waals surface area contributed by atoms with Crippen LogP contribution >= 0.6 is 0 Å². The van der Waals surface area contributed by atoms with Gasteiger partial charge in [-0.15, -0.1) is 0 Å². The SMILES string of the molecule is CC1=CC(C/C(=C/C(=O)C(C)(C)O)C(C)(C)O)(C(C)(C)O)OC1(C)C. The molecule has 0 saturated carbocycles. The number of carbonyl (C=O) groups excluding carboxylic acids is 1. The Hall–Kier alpha value is -1.01. The lowest BCUT2D eigenvalue weighted by molar-refractivity contribution is -0.170. The second-order valence-corrected chi connectivity index (χ2v) is 9.22. The van der Waals surface area contributed by atoms with Crippen molar-refractivity contribution in [3.8, 4) is 0 Å². The van der Waals surface area contributed by atoms with Crippen LogP contribution in [-0.4, -0.2) is 49.1 Å². The predicted octanol–water partition coefficient (Wildman–Crippen LogP) is 2.68. The van der Waals surface area contributed by atoms with Gasteiger partial charge in [0.15, 0.2) is 5.78 Å². The highest BCUT2D eigenvalue weighted by Gasteiger charge is 2.53. The highest BCUT2D eigenvalue weighted by molar-refractivity contribution is 5.96. The van der Waals surface area contributed by atoms with E-state index in [0.717, 1.165) is 5.57 Å². The van der Waals surface area contributed by atoms with Crippen molar-refractivity contribution < 1.29 is 24.9 Å². The van der Waals surface area contributed by atoms with Crippen molar-refractivity contribution in [3.63, 3.8) is 0 Å². The van der Waals surface area contributed by atoms with Gasteiger partial charge in [-0.3, -0.25) is 4.79 Å². The maximum absolute atomic E-state index is 12.3. The fourth-order valence-corrected chi connectivity index (χ4v) is 2.76. The number of carbonyl (C=O) groups is 1. The molecule has 0 bridgehead atoms. The zero-order chi connectivity index (χ0) is 20.1. The third-order valence-corrected chi connectivity index (χ3v) is 5.02. The first-order valence-corrected chi connectivity index (χ1v) is 8.65. The lowest BCUT2D eigenvalue weighted by atomic mass is 9.76. The summed E-state index contributed by atoms with van der Waals surface area (Å²) in [6, 6.07) is 0. The molecule has 3 N–H and O–H groups in total. The first-order valence-electron chi connectivity index (χ1n) is 8.65. The maximum Gasteiger partial charge on any atom is 0.186 e. The van der Waals surface area contributed by atoms with Gasteiger partial charge in [0.05, 0.1) is 16.8 Å². The van der Waals surface area contributed by atoms with Crippen LogP contribution in [0, 0.1) is 0 Å². The Kier molecular flexibility index (Phi) is 5.56. The van der Waals surface area contributed by atoms with E-state index >= 15 is 0 Å². The van der Waals surface area contributed by atoms with Crippen molar-refractivity contribution in [2.75, 3.05) is 0 Å². The molecule has 5 heteroatoms. The third-order valence-electron chi connectivity index (χ3n) is 5.02. The van der Waals surface area contributed by atoms with Crippen molar-refractivity contribution in [3.05, 3.63) is 23.3 Å². The monoisotopic (exact) mass is 354 g/mol. The smallest absolute Gasteiger partial charge is 0.186 e. The largest absolute Gasteiger partial charge is 0.387 e. The van der Waals surface area contributed by atoms with E-state index in [0.29, 0.717) is 5.57 Å². The molecule has 0 fully saturated rings. The maximum atomic E-state index is 12.3. The van der Waals surface area contributed by atoms with Gasteiger partial charge in [0.25, 0.3) is 0 Å². The molecule has 0 spiro atoms. The van der Waals surface area contributed by atoms with E-state index < -0.39 is 33.8 Å². The zero-order valence-corrected chi connectivity index (χ0v) is 17.0. The van der Waals surface area contributed by atoms with Crippen LogP contribution in [-0.2, 0) is 9.53 Å². The molecule has 0 aromatic heterocycles. The van der Waals surface area contributed by atoms with Crippen LogP contribution < -0.4 is 0 Å². The first-order chi connectivity index (χ1) is 10.8. The van der Waals surface area contributed by atoms with Crippen LogP contribution in [0.15, 0.2) is 23.3 Å². The van der Waals surface area contributed by atoms with Gasteiger partial charge in [-0.1, -0.05) is 0 Å². The van der Waals surface area contributed by atoms with Gasteiger partial charge in [-0.05, 0) is 85.6 Å². The highest BCUT2D eigenvalue weighted by Crippen LogP contribution is 2.47. The average molecular weight is 354 g/mol. The Labute approximate surface area is 151 Å². The van der Waals surface area contributed by atoms with E-state index in [1.165, 1.54) is 19.9 Å². The molecular weight excluding hydrogens is 320 g/mol. The highest BCUT2D eigenvalue weighted by atomic mass is 16.5. The number of ether oxygens (including phenoxy) is 1. The minimum absolute atomic E-state index is 0.128. The fraction of sp³-hybridized carbons (Fsp3) is 0.750. The van der Waals surface area contributed by atoms with Crippen LogP contribution in [0.2, 0.25) is 0 Å². The molecule has 1 heterocycles. The minimum Gasteiger partial charge on any atom is -0.387 e. The van der Waals surface area contributed by atoms with Gasteiger partial charge in [-0.25, -0.2) is 0 Å². The molecule has 0 radical (unpaired) electrons. The quantitative estimate of drug-likeness (QED) is 0.504. The van der Waals surface area contributed by atoms with Crippen LogP contribution in [0.4, 0.5) is 0 Å². The zero-order valence-electron chi connectivity index (χ0n) is 17.0. The molecule has 144 valence electrons. The molecule has 1 aliphatic heterocycles. The molecule has 25 heavy (non-hydrogen) atoms. The summed E-state index contributed by atoms with van der Waals surface area (Å²) in [4.78, 5) is 12.3. The second-order valence-electron chi connectivity index (χ2n) is 9.22. The van der Waals surface area contributed by atoms with E-state index in [-0.39, 0.29) is 6.42 Å². The number of aliphatic hydroxyl groups is 3. The summed E-state index contributed by atoms with van der Waals surface area (Å²) >= 11 is 0. The Morgan fingerprint density at radius 2 is 1.56 bits per heavy atom. The Morgan fingerprint density at radius 3 is 1.84 bits per heavy atom. The number of hydrogen-bond donors (Lipinski definition) is 3. The molecule has 0 saturated heterocycles. The van der Waals surface area contributed by atoms with Gasteiger partial charge in [-0.2, -0.15) is 0 Å². The fourth-order valence-electron chi connectivity index (χ4n) is 2.76. The van der Waals surface area contributed by atoms with Gasteiger partial charge in [0, 0.05) is 6.42 Å². The summed E-state index contributed by atoms with van der Waals surface area (Å²) in [5, 5.41) is 31.3. The molecule has 1 rings (SSSR count). The summed E-state index contributed by atoms with van der Waals surface area (Å²) < 4.78 is 6.24. The standard InChI is InChI=1S/C20H34O5/c1-13-11-20(19(8,9)24,25-18(13,6)7)12-14(16(2,3)22)10-15(21)17(4,5)23/h10-11,22-24H,12H2,1-9H3/b14-10-. The Bertz CT molecular complexity index is 591. The molecule has 1 atom stereocenters. The normalized spacial score (nSPS) is 25.1. The van der Waals surface area contributed by atoms with Gasteiger partial charge >= 0.3 is 0 Å². The van der Waals surface area contributed by atoms with Crippen molar-refractivity contribution in [1.82, 2.24) is 0 Å². The molecule has 0 aromatic carbocycles. The van der Waals surface area contributed by atoms with Gasteiger partial charge in [0.2, 0.25) is 0 Å². The van der Waals surface area contributed by atoms with E-state index in [1.807, 2.05) is 26.8 Å². The molecule has 1 aliphatic rings.